The van der Waals surface area contributed by atoms with Crippen molar-refractivity contribution >= 4 is 17.8 Å². The van der Waals surface area contributed by atoms with Crippen LogP contribution in [0.25, 0.3) is 5.57 Å². The standard InChI is InChI=1S/C13H13F3N3O4.Y/c1-4-18-23-7-10-8(9(6-21-2)11(20)22-3)5-17-12(19-10)13(14,15)16;/h5-6H,7H2,1-3H3;/q-1;/b9-6+;. The van der Waals surface area contributed by atoms with Crippen molar-refractivity contribution in [3.63, 3.8) is 0 Å². The van der Waals surface area contributed by atoms with Crippen LogP contribution in [0.3, 0.4) is 0 Å². The Labute approximate surface area is 161 Å². The van der Waals surface area contributed by atoms with Crippen LogP contribution in [0.1, 0.15) is 24.0 Å². The minimum atomic E-state index is -4.75. The summed E-state index contributed by atoms with van der Waals surface area (Å²) in [4.78, 5) is 23.1. The number of methoxy groups -OCH3 is 2. The quantitative estimate of drug-likeness (QED) is 0.175. The summed E-state index contributed by atoms with van der Waals surface area (Å²) in [5.41, 5.74) is -0.398. The fraction of sp³-hybridized carbons (Fsp3) is 0.385. The summed E-state index contributed by atoms with van der Waals surface area (Å²) in [5, 5.41) is 3.31. The zero-order valence-corrected chi connectivity index (χ0v) is 15.9. The van der Waals surface area contributed by atoms with E-state index in [1.165, 1.54) is 14.0 Å². The van der Waals surface area contributed by atoms with Crippen molar-refractivity contribution < 1.29 is 65.0 Å². The van der Waals surface area contributed by atoms with Crippen molar-refractivity contribution in [3.05, 3.63) is 29.5 Å². The molecular weight excluding hydrogens is 408 g/mol. The molecule has 7 nitrogen and oxygen atoms in total. The fourth-order valence-electron chi connectivity index (χ4n) is 1.50. The predicted octanol–water partition coefficient (Wildman–Crippen LogP) is 2.05. The number of carbonyl (C=O) groups is 1. The van der Waals surface area contributed by atoms with Gasteiger partial charge in [-0.1, -0.05) is 0 Å². The van der Waals surface area contributed by atoms with Gasteiger partial charge >= 0.3 is 12.1 Å². The summed E-state index contributed by atoms with van der Waals surface area (Å²) in [6, 6.07) is 0. The second-order valence-corrected chi connectivity index (χ2v) is 3.90. The molecule has 1 radical (unpaired) electrons. The molecule has 0 saturated carbocycles. The van der Waals surface area contributed by atoms with Crippen LogP contribution < -0.4 is 0 Å². The summed E-state index contributed by atoms with van der Waals surface area (Å²) in [6.45, 7) is 1.01. The molecule has 0 aliphatic carbocycles. The topological polar surface area (TPSA) is 82.9 Å². The molecule has 0 aromatic carbocycles. The maximum absolute atomic E-state index is 12.7. The van der Waals surface area contributed by atoms with Gasteiger partial charge in [-0.3, -0.25) is 0 Å². The molecule has 129 valence electrons. The van der Waals surface area contributed by atoms with Gasteiger partial charge in [-0.25, -0.2) is 14.8 Å². The summed E-state index contributed by atoms with van der Waals surface area (Å²) in [7, 11) is 2.38. The number of aromatic nitrogens is 2. The molecule has 0 atom stereocenters. The van der Waals surface area contributed by atoms with Crippen molar-refractivity contribution in [2.75, 3.05) is 14.2 Å². The Morgan fingerprint density at radius 3 is 2.58 bits per heavy atom. The Bertz CT molecular complexity index is 621. The van der Waals surface area contributed by atoms with Crippen molar-refractivity contribution in [3.8, 4) is 0 Å². The molecule has 0 unspecified atom stereocenters. The molecule has 0 N–H and O–H groups in total. The van der Waals surface area contributed by atoms with E-state index in [2.05, 4.69) is 26.1 Å². The largest absolute Gasteiger partial charge is 0.503 e. The van der Waals surface area contributed by atoms with Crippen LogP contribution in [0.15, 0.2) is 17.6 Å². The molecule has 1 rings (SSSR count). The molecule has 0 bridgehead atoms. The van der Waals surface area contributed by atoms with Crippen LogP contribution in [0.2, 0.25) is 0 Å². The monoisotopic (exact) mass is 421 g/mol. The molecule has 11 heteroatoms. The number of esters is 1. The minimum absolute atomic E-state index is 0. The van der Waals surface area contributed by atoms with Crippen molar-refractivity contribution in [1.82, 2.24) is 9.97 Å². The maximum Gasteiger partial charge on any atom is 0.451 e. The number of rotatable bonds is 6. The number of hydrogen-bond donors (Lipinski definition) is 0. The van der Waals surface area contributed by atoms with Crippen LogP contribution in [-0.2, 0) is 64.6 Å². The van der Waals surface area contributed by atoms with Crippen molar-refractivity contribution in [2.24, 2.45) is 5.16 Å². The summed E-state index contributed by atoms with van der Waals surface area (Å²) in [6.07, 6.45) is -0.596. The molecule has 1 aromatic rings. The third kappa shape index (κ3) is 6.16. The van der Waals surface area contributed by atoms with E-state index in [1.54, 1.807) is 0 Å². The minimum Gasteiger partial charge on any atom is -0.503 e. The average Bonchev–Trinajstić information content (AvgIpc) is 2.51. The van der Waals surface area contributed by atoms with Crippen molar-refractivity contribution in [2.45, 2.75) is 19.7 Å². The van der Waals surface area contributed by atoms with Gasteiger partial charge in [0, 0.05) is 44.5 Å². The van der Waals surface area contributed by atoms with Gasteiger partial charge < -0.3 is 25.7 Å². The zero-order chi connectivity index (χ0) is 17.5. The first-order valence-corrected chi connectivity index (χ1v) is 6.08. The molecule has 0 fully saturated rings. The van der Waals surface area contributed by atoms with E-state index >= 15 is 0 Å². The second-order valence-electron chi connectivity index (χ2n) is 3.90. The number of ether oxygens (including phenoxy) is 2. The Morgan fingerprint density at radius 2 is 2.08 bits per heavy atom. The number of alkyl halides is 3. The Morgan fingerprint density at radius 1 is 1.42 bits per heavy atom. The summed E-state index contributed by atoms with van der Waals surface area (Å²) < 4.78 is 47.5. The van der Waals surface area contributed by atoms with E-state index in [1.807, 2.05) is 0 Å². The van der Waals surface area contributed by atoms with Gasteiger partial charge in [0.1, 0.15) is 5.57 Å². The number of nitrogens with zero attached hydrogens (tertiary/aromatic N) is 3. The summed E-state index contributed by atoms with van der Waals surface area (Å²) >= 11 is 0. The van der Waals surface area contributed by atoms with E-state index < -0.39 is 24.6 Å². The van der Waals surface area contributed by atoms with Crippen LogP contribution in [0.5, 0.6) is 0 Å². The van der Waals surface area contributed by atoms with E-state index in [0.717, 1.165) is 19.6 Å². The molecule has 1 aromatic heterocycles. The van der Waals surface area contributed by atoms with Gasteiger partial charge in [-0.2, -0.15) is 20.1 Å². The zero-order valence-electron chi connectivity index (χ0n) is 13.0. The number of hydrogen-bond acceptors (Lipinski definition) is 7. The second kappa shape index (κ2) is 10.3. The smallest absolute Gasteiger partial charge is 0.451 e. The fourth-order valence-corrected chi connectivity index (χ4v) is 1.50. The first-order chi connectivity index (χ1) is 10.8. The first-order valence-electron chi connectivity index (χ1n) is 6.08. The Balaban J connectivity index is 0.00000529. The molecule has 0 aliphatic heterocycles. The van der Waals surface area contributed by atoms with E-state index in [-0.39, 0.29) is 49.5 Å². The molecule has 24 heavy (non-hydrogen) atoms. The molecule has 0 spiro atoms. The molecule has 0 amide bonds. The Hall–Kier alpha value is -1.55. The van der Waals surface area contributed by atoms with Gasteiger partial charge in [-0.05, 0) is 0 Å². The maximum atomic E-state index is 12.7. The van der Waals surface area contributed by atoms with Crippen LogP contribution >= 0.6 is 0 Å². The molecular formula is C13H13F3N3O4Y-. The first kappa shape index (κ1) is 22.5. The average molecular weight is 421 g/mol. The van der Waals surface area contributed by atoms with Gasteiger partial charge in [-0.15, -0.1) is 0 Å². The third-order valence-electron chi connectivity index (χ3n) is 2.41. The number of carbonyl (C=O) groups excluding carboxylic acids is 1. The SMILES string of the molecule is C[C-]=NOCc1nc(C(F)(F)F)ncc1/C(=C\OC)C(=O)OC.[Y]. The van der Waals surface area contributed by atoms with Gasteiger partial charge in [0.15, 0.2) is 6.61 Å². The molecule has 0 aliphatic rings. The van der Waals surface area contributed by atoms with E-state index in [0.29, 0.717) is 0 Å². The third-order valence-corrected chi connectivity index (χ3v) is 2.41. The van der Waals surface area contributed by atoms with Crippen molar-refractivity contribution in [1.29, 1.82) is 0 Å². The van der Waals surface area contributed by atoms with E-state index in [4.69, 9.17) is 9.57 Å². The van der Waals surface area contributed by atoms with Gasteiger partial charge in [0.2, 0.25) is 5.82 Å². The van der Waals surface area contributed by atoms with E-state index in [9.17, 15) is 18.0 Å². The molecule has 1 heterocycles. The normalized spacial score (nSPS) is 11.8. The number of halogens is 3. The Kier molecular flexibility index (Phi) is 9.68. The predicted molar refractivity (Wildman–Crippen MR) is 71.9 cm³/mol. The van der Waals surface area contributed by atoms with Crippen LogP contribution in [0.4, 0.5) is 13.2 Å². The summed E-state index contributed by atoms with van der Waals surface area (Å²) in [5.74, 6) is -2.20. The van der Waals surface area contributed by atoms with Crippen LogP contribution in [0, 0.1) is 0 Å². The van der Waals surface area contributed by atoms with Gasteiger partial charge in [0.05, 0.1) is 26.2 Å². The van der Waals surface area contributed by atoms with Crippen LogP contribution in [-0.4, -0.2) is 36.4 Å². The molecule has 0 saturated heterocycles. The van der Waals surface area contributed by atoms with Gasteiger partial charge in [0.25, 0.3) is 0 Å².